The highest BCUT2D eigenvalue weighted by atomic mass is 35.5. The number of hydrogen-bond donors (Lipinski definition) is 2. The fourth-order valence-corrected chi connectivity index (χ4v) is 2.85. The minimum atomic E-state index is 0.104. The number of phenolic OH excluding ortho intramolecular Hbond substituents is 1. The van der Waals surface area contributed by atoms with Gasteiger partial charge >= 0.3 is 0 Å². The molecule has 0 spiro atoms. The average Bonchev–Trinajstić information content (AvgIpc) is 2.49. The molecule has 0 amide bonds. The molecule has 0 aliphatic heterocycles. The van der Waals surface area contributed by atoms with Crippen LogP contribution in [0.3, 0.4) is 0 Å². The van der Waals surface area contributed by atoms with Gasteiger partial charge in [-0.1, -0.05) is 23.7 Å². The van der Waals surface area contributed by atoms with Gasteiger partial charge in [0.25, 0.3) is 0 Å². The fraction of sp³-hybridized carbons (Fsp3) is 0.333. The van der Waals surface area contributed by atoms with E-state index in [4.69, 9.17) is 22.1 Å². The molecule has 0 radical (unpaired) electrons. The summed E-state index contributed by atoms with van der Waals surface area (Å²) in [5, 5.41) is 9.88. The lowest BCUT2D eigenvalue weighted by Crippen LogP contribution is -2.16. The number of rotatable bonds is 6. The first-order valence-corrected chi connectivity index (χ1v) is 7.83. The second-order valence-corrected chi connectivity index (χ2v) is 5.78. The van der Waals surface area contributed by atoms with Gasteiger partial charge in [0.15, 0.2) is 0 Å². The third-order valence-corrected chi connectivity index (χ3v) is 4.07. The molecule has 2 rings (SSSR count). The summed E-state index contributed by atoms with van der Waals surface area (Å²) >= 11 is 5.98. The molecule has 0 aliphatic carbocycles. The van der Waals surface area contributed by atoms with Crippen LogP contribution in [0.25, 0.3) is 0 Å². The third-order valence-electron chi connectivity index (χ3n) is 3.77. The third kappa shape index (κ3) is 3.93. The minimum Gasteiger partial charge on any atom is -0.506 e. The maximum absolute atomic E-state index is 9.51. The van der Waals surface area contributed by atoms with Gasteiger partial charge in [-0.25, -0.2) is 0 Å². The SMILES string of the molecule is CCOc1ccc(C(CN)Cc2ccc(O)c(Cl)c2)c(C)c1. The Morgan fingerprint density at radius 2 is 2.00 bits per heavy atom. The number of aryl methyl sites for hydroxylation is 1. The molecule has 0 fully saturated rings. The molecule has 1 unspecified atom stereocenters. The van der Waals surface area contributed by atoms with Gasteiger partial charge in [-0.15, -0.1) is 0 Å². The normalized spacial score (nSPS) is 12.2. The molecule has 4 heteroatoms. The van der Waals surface area contributed by atoms with Crippen LogP contribution in [0.2, 0.25) is 5.02 Å². The van der Waals surface area contributed by atoms with Crippen molar-refractivity contribution in [2.45, 2.75) is 26.2 Å². The van der Waals surface area contributed by atoms with Crippen molar-refractivity contribution in [3.05, 3.63) is 58.1 Å². The van der Waals surface area contributed by atoms with Crippen LogP contribution < -0.4 is 10.5 Å². The summed E-state index contributed by atoms with van der Waals surface area (Å²) < 4.78 is 5.53. The van der Waals surface area contributed by atoms with Gasteiger partial charge < -0.3 is 15.6 Å². The number of hydrogen-bond acceptors (Lipinski definition) is 3. The number of ether oxygens (including phenoxy) is 1. The maximum atomic E-state index is 9.51. The van der Waals surface area contributed by atoms with Crippen LogP contribution >= 0.6 is 11.6 Å². The Labute approximate surface area is 136 Å². The lowest BCUT2D eigenvalue weighted by molar-refractivity contribution is 0.340. The second-order valence-electron chi connectivity index (χ2n) is 5.37. The van der Waals surface area contributed by atoms with E-state index in [9.17, 15) is 5.11 Å². The number of nitrogens with two attached hydrogens (primary N) is 1. The Morgan fingerprint density at radius 1 is 1.23 bits per heavy atom. The molecule has 3 nitrogen and oxygen atoms in total. The van der Waals surface area contributed by atoms with Crippen molar-refractivity contribution in [1.29, 1.82) is 0 Å². The van der Waals surface area contributed by atoms with Crippen molar-refractivity contribution in [2.24, 2.45) is 5.73 Å². The first kappa shape index (κ1) is 16.7. The van der Waals surface area contributed by atoms with Crippen molar-refractivity contribution < 1.29 is 9.84 Å². The summed E-state index contributed by atoms with van der Waals surface area (Å²) in [7, 11) is 0. The lowest BCUT2D eigenvalue weighted by atomic mass is 9.89. The van der Waals surface area contributed by atoms with Gasteiger partial charge in [0.1, 0.15) is 11.5 Å². The summed E-state index contributed by atoms with van der Waals surface area (Å²) in [6, 6.07) is 11.4. The molecular formula is C18H22ClNO2. The highest BCUT2D eigenvalue weighted by Gasteiger charge is 2.14. The minimum absolute atomic E-state index is 0.104. The molecule has 0 saturated heterocycles. The highest BCUT2D eigenvalue weighted by molar-refractivity contribution is 6.32. The van der Waals surface area contributed by atoms with E-state index in [2.05, 4.69) is 13.0 Å². The molecule has 3 N–H and O–H groups in total. The molecule has 22 heavy (non-hydrogen) atoms. The van der Waals surface area contributed by atoms with Crippen molar-refractivity contribution in [3.63, 3.8) is 0 Å². The van der Waals surface area contributed by atoms with Gasteiger partial charge in [-0.3, -0.25) is 0 Å². The van der Waals surface area contributed by atoms with Crippen LogP contribution in [0.4, 0.5) is 0 Å². The number of halogens is 1. The molecular weight excluding hydrogens is 298 g/mol. The van der Waals surface area contributed by atoms with Crippen LogP contribution in [-0.4, -0.2) is 18.3 Å². The Balaban J connectivity index is 2.22. The van der Waals surface area contributed by atoms with E-state index in [1.165, 1.54) is 11.1 Å². The Hall–Kier alpha value is -1.71. The maximum Gasteiger partial charge on any atom is 0.134 e. The number of benzene rings is 2. The molecule has 0 saturated carbocycles. The smallest absolute Gasteiger partial charge is 0.134 e. The van der Waals surface area contributed by atoms with E-state index in [1.54, 1.807) is 12.1 Å². The Bertz CT molecular complexity index is 643. The molecule has 1 atom stereocenters. The van der Waals surface area contributed by atoms with E-state index in [1.807, 2.05) is 25.1 Å². The summed E-state index contributed by atoms with van der Waals surface area (Å²) in [4.78, 5) is 0. The van der Waals surface area contributed by atoms with Crippen LogP contribution in [0.1, 0.15) is 29.5 Å². The van der Waals surface area contributed by atoms with Gasteiger partial charge in [-0.05, 0) is 67.8 Å². The van der Waals surface area contributed by atoms with Crippen LogP contribution in [0, 0.1) is 6.92 Å². The molecule has 0 heterocycles. The monoisotopic (exact) mass is 319 g/mol. The van der Waals surface area contributed by atoms with E-state index >= 15 is 0 Å². The quantitative estimate of drug-likeness (QED) is 0.845. The predicted octanol–water partition coefficient (Wildman–Crippen LogP) is 4.04. The molecule has 118 valence electrons. The average molecular weight is 320 g/mol. The first-order valence-electron chi connectivity index (χ1n) is 7.46. The Kier molecular flexibility index (Phi) is 5.69. The van der Waals surface area contributed by atoms with Crippen molar-refractivity contribution in [2.75, 3.05) is 13.2 Å². The zero-order valence-electron chi connectivity index (χ0n) is 13.0. The molecule has 2 aromatic rings. The van der Waals surface area contributed by atoms with Crippen molar-refractivity contribution >= 4 is 11.6 Å². The predicted molar refractivity (Wildman–Crippen MR) is 91.0 cm³/mol. The first-order chi connectivity index (χ1) is 10.5. The largest absolute Gasteiger partial charge is 0.506 e. The van der Waals surface area contributed by atoms with E-state index < -0.39 is 0 Å². The zero-order valence-corrected chi connectivity index (χ0v) is 13.7. The second kappa shape index (κ2) is 7.52. The van der Waals surface area contributed by atoms with Crippen LogP contribution in [0.15, 0.2) is 36.4 Å². The standard InChI is InChI=1S/C18H22ClNO2/c1-3-22-15-5-6-16(12(2)8-15)14(11-20)9-13-4-7-18(21)17(19)10-13/h4-8,10,14,21H,3,9,11,20H2,1-2H3. The summed E-state index contributed by atoms with van der Waals surface area (Å²) in [6.45, 7) is 5.25. The topological polar surface area (TPSA) is 55.5 Å². The van der Waals surface area contributed by atoms with Crippen LogP contribution in [-0.2, 0) is 6.42 Å². The number of aromatic hydroxyl groups is 1. The van der Waals surface area contributed by atoms with Gasteiger partial charge in [0.05, 0.1) is 11.6 Å². The van der Waals surface area contributed by atoms with Crippen molar-refractivity contribution in [3.8, 4) is 11.5 Å². The van der Waals surface area contributed by atoms with Crippen molar-refractivity contribution in [1.82, 2.24) is 0 Å². The van der Waals surface area contributed by atoms with Gasteiger partial charge in [0, 0.05) is 5.92 Å². The molecule has 0 aliphatic rings. The molecule has 0 bridgehead atoms. The fourth-order valence-electron chi connectivity index (χ4n) is 2.64. The molecule has 0 aromatic heterocycles. The lowest BCUT2D eigenvalue weighted by Gasteiger charge is -2.19. The van der Waals surface area contributed by atoms with E-state index in [0.717, 1.165) is 17.7 Å². The zero-order chi connectivity index (χ0) is 16.1. The summed E-state index contributed by atoms with van der Waals surface area (Å²) in [6.07, 6.45) is 0.783. The Morgan fingerprint density at radius 3 is 2.59 bits per heavy atom. The van der Waals surface area contributed by atoms with Gasteiger partial charge in [0.2, 0.25) is 0 Å². The number of phenols is 1. The highest BCUT2D eigenvalue weighted by Crippen LogP contribution is 2.29. The van der Waals surface area contributed by atoms with E-state index in [-0.39, 0.29) is 11.7 Å². The summed E-state index contributed by atoms with van der Waals surface area (Å²) in [5.74, 6) is 1.19. The summed E-state index contributed by atoms with van der Waals surface area (Å²) in [5.41, 5.74) is 9.42. The molecule has 2 aromatic carbocycles. The van der Waals surface area contributed by atoms with E-state index in [0.29, 0.717) is 18.2 Å². The van der Waals surface area contributed by atoms with Crippen LogP contribution in [0.5, 0.6) is 11.5 Å². The van der Waals surface area contributed by atoms with Gasteiger partial charge in [-0.2, -0.15) is 0 Å².